The van der Waals surface area contributed by atoms with E-state index in [1.807, 2.05) is 12.1 Å². The summed E-state index contributed by atoms with van der Waals surface area (Å²) < 4.78 is 41.7. The number of benzene rings is 1. The zero-order valence-electron chi connectivity index (χ0n) is 17.6. The molecule has 0 atom stereocenters. The van der Waals surface area contributed by atoms with Crippen LogP contribution >= 0.6 is 0 Å². The van der Waals surface area contributed by atoms with Crippen LogP contribution in [0.5, 0.6) is 5.75 Å². The smallest absolute Gasteiger partial charge is 0.344 e. The zero-order valence-corrected chi connectivity index (χ0v) is 18.8. The van der Waals surface area contributed by atoms with Crippen molar-refractivity contribution in [3.8, 4) is 5.75 Å². The fraction of sp³-hybridized carbons (Fsp3) is 0.667. The van der Waals surface area contributed by atoms with Gasteiger partial charge < -0.3 is 4.74 Å². The second-order valence-electron chi connectivity index (χ2n) is 9.09. The molecule has 0 spiro atoms. The molecule has 0 N–H and O–H groups in total. The molecule has 1 aromatic carbocycles. The number of unbranched alkanes of at least 4 members (excludes halogenated alkanes) is 2. The van der Waals surface area contributed by atoms with Crippen LogP contribution in [0.3, 0.4) is 0 Å². The van der Waals surface area contributed by atoms with Gasteiger partial charge in [-0.3, -0.25) is 0 Å². The molecular weight excluding hydrogens is 389 g/mol. The lowest BCUT2D eigenvalue weighted by Crippen LogP contribution is -2.28. The second-order valence-corrected chi connectivity index (χ2v) is 12.6. The minimum Gasteiger partial charge on any atom is -0.428 e. The predicted molar refractivity (Wildman–Crippen MR) is 116 cm³/mol. The minimum atomic E-state index is -2.43. The molecule has 0 aromatic heterocycles. The molecule has 0 bridgehead atoms. The van der Waals surface area contributed by atoms with Gasteiger partial charge in [0.15, 0.2) is 0 Å². The van der Waals surface area contributed by atoms with E-state index in [9.17, 15) is 13.2 Å². The van der Waals surface area contributed by atoms with Gasteiger partial charge in [-0.05, 0) is 61.1 Å². The second kappa shape index (κ2) is 11.2. The highest BCUT2D eigenvalue weighted by atomic mass is 28.3. The highest BCUT2D eigenvalue weighted by Crippen LogP contribution is 2.43. The molecule has 2 fully saturated rings. The number of hydrogen-bond donors (Lipinski definition) is 0. The third-order valence-corrected chi connectivity index (χ3v) is 10.8. The van der Waals surface area contributed by atoms with Gasteiger partial charge in [0.1, 0.15) is 5.75 Å². The Balaban J connectivity index is 1.42. The van der Waals surface area contributed by atoms with Crippen molar-refractivity contribution in [2.24, 2.45) is 11.8 Å². The first-order valence-corrected chi connectivity index (χ1v) is 14.0. The van der Waals surface area contributed by atoms with E-state index in [1.54, 1.807) is 30.3 Å². The van der Waals surface area contributed by atoms with Crippen LogP contribution in [0, 0.1) is 11.8 Å². The summed E-state index contributed by atoms with van der Waals surface area (Å²) >= 11 is 0. The molecule has 1 heterocycles. The summed E-state index contributed by atoms with van der Waals surface area (Å²) in [6, 6.07) is 9.88. The summed E-state index contributed by atoms with van der Waals surface area (Å²) in [5, 5.41) is 0. The third kappa shape index (κ3) is 6.63. The Morgan fingerprint density at radius 2 is 1.52 bits per heavy atom. The summed E-state index contributed by atoms with van der Waals surface area (Å²) in [5.41, 5.74) is 1.22. The lowest BCUT2D eigenvalue weighted by Gasteiger charge is -2.37. The molecule has 0 radical (unpaired) electrons. The average Bonchev–Trinajstić information content (AvgIpc) is 2.75. The maximum absolute atomic E-state index is 12.9. The molecule has 0 unspecified atom stereocenters. The highest BCUT2D eigenvalue weighted by Gasteiger charge is 2.31. The molecule has 1 aliphatic heterocycles. The first-order chi connectivity index (χ1) is 14.1. The van der Waals surface area contributed by atoms with E-state index in [4.69, 9.17) is 0 Å². The van der Waals surface area contributed by atoms with Gasteiger partial charge in [-0.15, -0.1) is 0 Å². The molecule has 1 saturated carbocycles. The molecule has 2 aliphatic rings. The van der Waals surface area contributed by atoms with E-state index in [0.717, 1.165) is 11.8 Å². The molecule has 162 valence electrons. The summed E-state index contributed by atoms with van der Waals surface area (Å²) in [6.07, 6.45) is 9.78. The SMILES string of the molecule is CCCCC[SiH]1CCC([C@H]2CC[C@H](c3ccc(OC(F)=C(F)F)cc3)CC2)CC1. The molecule has 3 rings (SSSR count). The monoisotopic (exact) mass is 424 g/mol. The molecule has 0 amide bonds. The Bertz CT molecular complexity index is 641. The molecular formula is C24H35F3OSi. The Morgan fingerprint density at radius 1 is 0.897 bits per heavy atom. The van der Waals surface area contributed by atoms with Gasteiger partial charge in [-0.2, -0.15) is 13.2 Å². The van der Waals surface area contributed by atoms with Gasteiger partial charge in [0, 0.05) is 8.80 Å². The minimum absolute atomic E-state index is 0.118. The van der Waals surface area contributed by atoms with E-state index in [2.05, 4.69) is 11.7 Å². The predicted octanol–water partition coefficient (Wildman–Crippen LogP) is 8.20. The maximum atomic E-state index is 12.9. The number of rotatable bonds is 8. The molecule has 1 saturated heterocycles. The van der Waals surface area contributed by atoms with Crippen molar-refractivity contribution in [3.63, 3.8) is 0 Å². The molecule has 29 heavy (non-hydrogen) atoms. The highest BCUT2D eigenvalue weighted by molar-refractivity contribution is 6.58. The Kier molecular flexibility index (Phi) is 8.70. The van der Waals surface area contributed by atoms with Crippen molar-refractivity contribution in [2.75, 3.05) is 0 Å². The van der Waals surface area contributed by atoms with Crippen LogP contribution < -0.4 is 4.74 Å². The molecule has 5 heteroatoms. The van der Waals surface area contributed by atoms with Gasteiger partial charge in [-0.1, -0.05) is 69.3 Å². The van der Waals surface area contributed by atoms with Crippen LogP contribution in [-0.2, 0) is 0 Å². The fourth-order valence-electron chi connectivity index (χ4n) is 5.51. The van der Waals surface area contributed by atoms with Gasteiger partial charge in [0.2, 0.25) is 0 Å². The van der Waals surface area contributed by atoms with Crippen molar-refractivity contribution in [3.05, 3.63) is 41.9 Å². The van der Waals surface area contributed by atoms with Gasteiger partial charge >= 0.3 is 12.1 Å². The van der Waals surface area contributed by atoms with Crippen molar-refractivity contribution in [1.29, 1.82) is 0 Å². The normalized spacial score (nSPS) is 27.4. The van der Waals surface area contributed by atoms with Crippen LogP contribution in [0.1, 0.15) is 76.2 Å². The largest absolute Gasteiger partial charge is 0.428 e. The van der Waals surface area contributed by atoms with E-state index >= 15 is 0 Å². The summed E-state index contributed by atoms with van der Waals surface area (Å²) in [7, 11) is -0.423. The third-order valence-electron chi connectivity index (χ3n) is 7.25. The van der Waals surface area contributed by atoms with Crippen LogP contribution in [0.25, 0.3) is 0 Å². The van der Waals surface area contributed by atoms with Crippen molar-refractivity contribution in [2.45, 2.75) is 88.8 Å². The first kappa shape index (κ1) is 22.5. The summed E-state index contributed by atoms with van der Waals surface area (Å²) in [5.74, 6) is 2.49. The van der Waals surface area contributed by atoms with Crippen LogP contribution in [0.4, 0.5) is 13.2 Å². The number of ether oxygens (including phenoxy) is 1. The lowest BCUT2D eigenvalue weighted by atomic mass is 9.72. The van der Waals surface area contributed by atoms with Gasteiger partial charge in [0.05, 0.1) is 0 Å². The summed E-state index contributed by atoms with van der Waals surface area (Å²) in [4.78, 5) is 0. The topological polar surface area (TPSA) is 9.23 Å². The number of halogens is 3. The van der Waals surface area contributed by atoms with Gasteiger partial charge in [-0.25, -0.2) is 0 Å². The van der Waals surface area contributed by atoms with Gasteiger partial charge in [0.25, 0.3) is 0 Å². The van der Waals surface area contributed by atoms with E-state index in [-0.39, 0.29) is 5.75 Å². The van der Waals surface area contributed by atoms with E-state index in [1.165, 1.54) is 63.4 Å². The van der Waals surface area contributed by atoms with Crippen molar-refractivity contribution >= 4 is 8.80 Å². The molecule has 1 aliphatic carbocycles. The van der Waals surface area contributed by atoms with E-state index < -0.39 is 20.9 Å². The standard InChI is InChI=1S/C24H35F3OSi/c1-2-3-4-15-29-16-13-21(14-17-29)19-7-5-18(6-8-19)20-9-11-22(12-10-20)28-24(27)23(25)26/h9-12,18-19,21,29H,2-8,13-17H2,1H3/t18-,19-,21?,29?. The Labute approximate surface area is 175 Å². The summed E-state index contributed by atoms with van der Waals surface area (Å²) in [6.45, 7) is 2.29. The van der Waals surface area contributed by atoms with Crippen LogP contribution in [0.2, 0.25) is 18.1 Å². The quantitative estimate of drug-likeness (QED) is 0.232. The lowest BCUT2D eigenvalue weighted by molar-refractivity contribution is 0.216. The average molecular weight is 425 g/mol. The van der Waals surface area contributed by atoms with Crippen molar-refractivity contribution < 1.29 is 17.9 Å². The molecule has 1 nitrogen and oxygen atoms in total. The molecule has 1 aromatic rings. The Hall–Kier alpha value is -1.23. The zero-order chi connectivity index (χ0) is 20.6. The fourth-order valence-corrected chi connectivity index (χ4v) is 9.04. The first-order valence-electron chi connectivity index (χ1n) is 11.5. The number of hydrogen-bond acceptors (Lipinski definition) is 1. The van der Waals surface area contributed by atoms with Crippen LogP contribution in [0.15, 0.2) is 36.4 Å². The van der Waals surface area contributed by atoms with Crippen LogP contribution in [-0.4, -0.2) is 8.80 Å². The van der Waals surface area contributed by atoms with Crippen molar-refractivity contribution in [1.82, 2.24) is 0 Å². The Morgan fingerprint density at radius 3 is 2.10 bits per heavy atom. The maximum Gasteiger partial charge on any atom is 0.344 e. The van der Waals surface area contributed by atoms with E-state index in [0.29, 0.717) is 5.92 Å².